The first kappa shape index (κ1) is 14.6. The number of nitrogens with one attached hydrogen (secondary N) is 2. The van der Waals surface area contributed by atoms with Gasteiger partial charge in [-0.05, 0) is 24.8 Å². The van der Waals surface area contributed by atoms with Crippen LogP contribution < -0.4 is 10.6 Å². The smallest absolute Gasteiger partial charge is 0.237 e. The van der Waals surface area contributed by atoms with Gasteiger partial charge in [-0.1, -0.05) is 23.7 Å². The second kappa shape index (κ2) is 5.65. The van der Waals surface area contributed by atoms with Crippen LogP contribution in [0.3, 0.4) is 0 Å². The van der Waals surface area contributed by atoms with Crippen molar-refractivity contribution in [2.45, 2.75) is 31.5 Å². The summed E-state index contributed by atoms with van der Waals surface area (Å²) in [5.41, 5.74) is 0.416. The van der Waals surface area contributed by atoms with Gasteiger partial charge >= 0.3 is 0 Å². The lowest BCUT2D eigenvalue weighted by atomic mass is 10.1. The number of carbonyl (C=O) groups is 1. The Morgan fingerprint density at radius 1 is 1.47 bits per heavy atom. The van der Waals surface area contributed by atoms with Crippen LogP contribution in [0.25, 0.3) is 0 Å². The first-order valence-corrected chi connectivity index (χ1v) is 6.49. The van der Waals surface area contributed by atoms with Gasteiger partial charge in [0.15, 0.2) is 0 Å². The van der Waals surface area contributed by atoms with Gasteiger partial charge in [0.2, 0.25) is 5.91 Å². The highest BCUT2D eigenvalue weighted by Crippen LogP contribution is 2.40. The number of rotatable bonds is 3. The summed E-state index contributed by atoms with van der Waals surface area (Å²) < 4.78 is 13.6. The molecule has 0 spiro atoms. The zero-order valence-corrected chi connectivity index (χ0v) is 11.7. The maximum atomic E-state index is 13.6. The van der Waals surface area contributed by atoms with Gasteiger partial charge < -0.3 is 10.6 Å². The van der Waals surface area contributed by atoms with E-state index in [1.807, 2.05) is 0 Å². The molecule has 3 atom stereocenters. The highest BCUT2D eigenvalue weighted by atomic mass is 35.5. The molecule has 6 heteroatoms. The first-order chi connectivity index (χ1) is 8.65. The molecule has 3 rings (SSSR count). The van der Waals surface area contributed by atoms with Gasteiger partial charge in [0.05, 0.1) is 11.1 Å². The van der Waals surface area contributed by atoms with E-state index in [0.717, 1.165) is 6.42 Å². The lowest BCUT2D eigenvalue weighted by Crippen LogP contribution is -2.41. The van der Waals surface area contributed by atoms with Crippen molar-refractivity contribution in [3.05, 3.63) is 34.6 Å². The predicted octanol–water partition coefficient (Wildman–Crippen LogP) is 2.27. The van der Waals surface area contributed by atoms with E-state index < -0.39 is 5.82 Å². The maximum absolute atomic E-state index is 13.6. The summed E-state index contributed by atoms with van der Waals surface area (Å²) in [5.74, 6) is 0.159. The van der Waals surface area contributed by atoms with E-state index in [9.17, 15) is 9.18 Å². The number of hydrogen-bond donors (Lipinski definition) is 2. The Kier molecular flexibility index (Phi) is 4.33. The molecule has 1 aromatic carbocycles. The SMILES string of the molecule is Cl.O=C(NCc1cccc(Cl)c1F)C1CC2CC2N1. The van der Waals surface area contributed by atoms with Crippen LogP contribution in [0.15, 0.2) is 18.2 Å². The molecular formula is C13H15Cl2FN2O. The summed E-state index contributed by atoms with van der Waals surface area (Å²) in [6.45, 7) is 0.179. The molecule has 19 heavy (non-hydrogen) atoms. The molecule has 1 amide bonds. The fraction of sp³-hybridized carbons (Fsp3) is 0.462. The second-order valence-electron chi connectivity index (χ2n) is 4.99. The number of piperidine rings is 1. The quantitative estimate of drug-likeness (QED) is 0.899. The topological polar surface area (TPSA) is 41.1 Å². The minimum Gasteiger partial charge on any atom is -0.351 e. The van der Waals surface area contributed by atoms with Crippen molar-refractivity contribution in [3.8, 4) is 0 Å². The number of amides is 1. The van der Waals surface area contributed by atoms with Crippen LogP contribution in [0, 0.1) is 11.7 Å². The van der Waals surface area contributed by atoms with Crippen LogP contribution >= 0.6 is 24.0 Å². The molecule has 2 N–H and O–H groups in total. The van der Waals surface area contributed by atoms with Gasteiger partial charge in [-0.15, -0.1) is 12.4 Å². The molecule has 2 fully saturated rings. The lowest BCUT2D eigenvalue weighted by molar-refractivity contribution is -0.123. The van der Waals surface area contributed by atoms with Crippen LogP contribution in [0.5, 0.6) is 0 Å². The predicted molar refractivity (Wildman–Crippen MR) is 73.9 cm³/mol. The average molecular weight is 305 g/mol. The number of fused-ring (bicyclic) bond motifs is 1. The van der Waals surface area contributed by atoms with E-state index in [-0.39, 0.29) is 35.9 Å². The highest BCUT2D eigenvalue weighted by Gasteiger charge is 2.47. The number of benzene rings is 1. The summed E-state index contributed by atoms with van der Waals surface area (Å²) >= 11 is 5.68. The van der Waals surface area contributed by atoms with Crippen LogP contribution in [-0.4, -0.2) is 18.0 Å². The van der Waals surface area contributed by atoms with Gasteiger partial charge in [0.1, 0.15) is 5.82 Å². The monoisotopic (exact) mass is 304 g/mol. The third-order valence-corrected chi connectivity index (χ3v) is 3.97. The molecule has 0 bridgehead atoms. The van der Waals surface area contributed by atoms with E-state index in [1.54, 1.807) is 12.1 Å². The van der Waals surface area contributed by atoms with Gasteiger partial charge in [0.25, 0.3) is 0 Å². The Morgan fingerprint density at radius 2 is 2.26 bits per heavy atom. The van der Waals surface area contributed by atoms with E-state index >= 15 is 0 Å². The van der Waals surface area contributed by atoms with Gasteiger partial charge in [-0.3, -0.25) is 4.79 Å². The van der Waals surface area contributed by atoms with Crippen molar-refractivity contribution >= 4 is 29.9 Å². The fourth-order valence-electron chi connectivity index (χ4n) is 2.51. The molecule has 0 radical (unpaired) electrons. The van der Waals surface area contributed by atoms with Crippen LogP contribution in [0.1, 0.15) is 18.4 Å². The molecule has 1 heterocycles. The molecule has 3 unspecified atom stereocenters. The third kappa shape index (κ3) is 3.02. The molecule has 1 aliphatic carbocycles. The summed E-state index contributed by atoms with van der Waals surface area (Å²) in [4.78, 5) is 11.9. The zero-order valence-electron chi connectivity index (χ0n) is 10.2. The molecule has 1 aliphatic heterocycles. The standard InChI is InChI=1S/C13H14ClFN2O.ClH/c14-9-3-1-2-7(12(9)15)6-16-13(18)11-5-8-4-10(8)17-11;/h1-3,8,10-11,17H,4-6H2,(H,16,18);1H. The minimum absolute atomic E-state index is 0. The molecule has 104 valence electrons. The van der Waals surface area contributed by atoms with E-state index in [1.165, 1.54) is 12.5 Å². The van der Waals surface area contributed by atoms with Gasteiger partial charge in [0, 0.05) is 18.2 Å². The normalized spacial score (nSPS) is 27.4. The van der Waals surface area contributed by atoms with Crippen molar-refractivity contribution in [2.75, 3.05) is 0 Å². The van der Waals surface area contributed by atoms with Crippen molar-refractivity contribution in [1.29, 1.82) is 0 Å². The highest BCUT2D eigenvalue weighted by molar-refractivity contribution is 6.30. The Bertz CT molecular complexity index is 488. The van der Waals surface area contributed by atoms with E-state index in [0.29, 0.717) is 17.5 Å². The van der Waals surface area contributed by atoms with Crippen LogP contribution in [0.2, 0.25) is 5.02 Å². The number of carbonyl (C=O) groups excluding carboxylic acids is 1. The van der Waals surface area contributed by atoms with Crippen molar-refractivity contribution in [3.63, 3.8) is 0 Å². The van der Waals surface area contributed by atoms with Crippen molar-refractivity contribution < 1.29 is 9.18 Å². The Morgan fingerprint density at radius 3 is 2.95 bits per heavy atom. The summed E-state index contributed by atoms with van der Waals surface area (Å²) in [6, 6.07) is 5.21. The van der Waals surface area contributed by atoms with E-state index in [2.05, 4.69) is 10.6 Å². The van der Waals surface area contributed by atoms with Crippen LogP contribution in [0.4, 0.5) is 4.39 Å². The minimum atomic E-state index is -0.457. The third-order valence-electron chi connectivity index (χ3n) is 3.68. The fourth-order valence-corrected chi connectivity index (χ4v) is 2.71. The van der Waals surface area contributed by atoms with Crippen LogP contribution in [-0.2, 0) is 11.3 Å². The second-order valence-corrected chi connectivity index (χ2v) is 5.40. The summed E-state index contributed by atoms with van der Waals surface area (Å²) in [6.07, 6.45) is 2.08. The van der Waals surface area contributed by atoms with Crippen molar-refractivity contribution in [1.82, 2.24) is 10.6 Å². The maximum Gasteiger partial charge on any atom is 0.237 e. The Balaban J connectivity index is 0.00000133. The average Bonchev–Trinajstić information content (AvgIpc) is 2.97. The summed E-state index contributed by atoms with van der Waals surface area (Å²) in [7, 11) is 0. The molecule has 1 saturated heterocycles. The zero-order chi connectivity index (χ0) is 12.7. The Labute approximate surface area is 122 Å². The lowest BCUT2D eigenvalue weighted by Gasteiger charge is -2.13. The van der Waals surface area contributed by atoms with Gasteiger partial charge in [-0.25, -0.2) is 4.39 Å². The Hall–Kier alpha value is -0.840. The number of halogens is 3. The molecule has 2 aliphatic rings. The molecule has 0 aromatic heterocycles. The summed E-state index contributed by atoms with van der Waals surface area (Å²) in [5, 5.41) is 6.09. The van der Waals surface area contributed by atoms with Gasteiger partial charge in [-0.2, -0.15) is 0 Å². The molecular weight excluding hydrogens is 290 g/mol. The molecule has 3 nitrogen and oxygen atoms in total. The van der Waals surface area contributed by atoms with E-state index in [4.69, 9.17) is 11.6 Å². The first-order valence-electron chi connectivity index (χ1n) is 6.12. The molecule has 1 saturated carbocycles. The largest absolute Gasteiger partial charge is 0.351 e. The molecule has 1 aromatic rings. The van der Waals surface area contributed by atoms with Crippen molar-refractivity contribution in [2.24, 2.45) is 5.92 Å². The number of hydrogen-bond acceptors (Lipinski definition) is 2.